The van der Waals surface area contributed by atoms with E-state index in [9.17, 15) is 4.79 Å². The zero-order valence-corrected chi connectivity index (χ0v) is 20.7. The summed E-state index contributed by atoms with van der Waals surface area (Å²) < 4.78 is 0. The molecule has 1 fully saturated rings. The molecule has 0 atom stereocenters. The van der Waals surface area contributed by atoms with Gasteiger partial charge in [0, 0.05) is 17.9 Å². The van der Waals surface area contributed by atoms with Crippen molar-refractivity contribution in [2.45, 2.75) is 57.8 Å². The van der Waals surface area contributed by atoms with Gasteiger partial charge < -0.3 is 5.32 Å². The Kier molecular flexibility index (Phi) is 6.50. The first-order valence-corrected chi connectivity index (χ1v) is 13.5. The lowest BCUT2D eigenvalue weighted by Gasteiger charge is -2.24. The monoisotopic (exact) mass is 475 g/mol. The molecule has 4 heteroatoms. The lowest BCUT2D eigenvalue weighted by atomic mass is 9.85. The number of nitrogens with one attached hydrogen (secondary N) is 1. The van der Waals surface area contributed by atoms with Gasteiger partial charge >= 0.3 is 0 Å². The third-order valence-electron chi connectivity index (χ3n) is 7.87. The molecule has 0 bridgehead atoms. The van der Waals surface area contributed by atoms with E-state index in [-0.39, 0.29) is 11.8 Å². The van der Waals surface area contributed by atoms with Crippen LogP contribution in [0, 0.1) is 11.8 Å². The highest BCUT2D eigenvalue weighted by molar-refractivity contribution is 5.91. The summed E-state index contributed by atoms with van der Waals surface area (Å²) in [6.07, 6.45) is 18.0. The van der Waals surface area contributed by atoms with Crippen LogP contribution in [0.1, 0.15) is 66.6 Å². The molecule has 0 unspecified atom stereocenters. The normalized spacial score (nSPS) is 17.1. The number of carbonyl (C=O) groups is 1. The number of hydrogen-bond donors (Lipinski definition) is 1. The molecule has 1 aromatic heterocycles. The van der Waals surface area contributed by atoms with Crippen LogP contribution in [0.25, 0.3) is 23.4 Å². The molecule has 2 aromatic carbocycles. The van der Waals surface area contributed by atoms with Crippen LogP contribution in [-0.4, -0.2) is 15.9 Å². The summed E-state index contributed by atoms with van der Waals surface area (Å²) >= 11 is 0. The van der Waals surface area contributed by atoms with Crippen molar-refractivity contribution >= 4 is 23.9 Å². The van der Waals surface area contributed by atoms with Crippen LogP contribution < -0.4 is 5.32 Å². The van der Waals surface area contributed by atoms with Crippen LogP contribution in [0.5, 0.6) is 0 Å². The van der Waals surface area contributed by atoms with E-state index < -0.39 is 0 Å². The first kappa shape index (κ1) is 22.9. The van der Waals surface area contributed by atoms with Crippen molar-refractivity contribution in [1.29, 1.82) is 0 Å². The Labute approximate surface area is 213 Å². The molecule has 3 aliphatic rings. The summed E-state index contributed by atoms with van der Waals surface area (Å²) in [5, 5.41) is 3.18. The van der Waals surface area contributed by atoms with E-state index in [0.717, 1.165) is 36.3 Å². The van der Waals surface area contributed by atoms with Crippen molar-refractivity contribution in [2.75, 3.05) is 5.32 Å². The second kappa shape index (κ2) is 10.2. The summed E-state index contributed by atoms with van der Waals surface area (Å²) in [6.45, 7) is 0. The number of amides is 1. The molecule has 6 rings (SSSR count). The van der Waals surface area contributed by atoms with Gasteiger partial charge in [0.1, 0.15) is 0 Å². The fourth-order valence-electron chi connectivity index (χ4n) is 5.89. The lowest BCUT2D eigenvalue weighted by Crippen LogP contribution is -2.21. The number of nitrogens with zero attached hydrogens (tertiary/aromatic N) is 2. The highest BCUT2D eigenvalue weighted by Crippen LogP contribution is 2.35. The van der Waals surface area contributed by atoms with Gasteiger partial charge in [-0.1, -0.05) is 105 Å². The van der Waals surface area contributed by atoms with Crippen molar-refractivity contribution in [3.8, 4) is 11.3 Å². The second-order valence-electron chi connectivity index (χ2n) is 10.4. The number of allylic oxidation sites excluding steroid dienone is 2. The molecule has 0 spiro atoms. The maximum absolute atomic E-state index is 13.2. The Morgan fingerprint density at radius 1 is 0.861 bits per heavy atom. The predicted molar refractivity (Wildman–Crippen MR) is 146 cm³/mol. The number of hydrogen-bond acceptors (Lipinski definition) is 3. The van der Waals surface area contributed by atoms with Crippen LogP contribution in [0.4, 0.5) is 5.82 Å². The van der Waals surface area contributed by atoms with Crippen LogP contribution in [-0.2, 0) is 24.1 Å². The van der Waals surface area contributed by atoms with Gasteiger partial charge in [0.2, 0.25) is 5.91 Å². The fraction of sp³-hybridized carbons (Fsp3) is 0.344. The molecule has 4 nitrogen and oxygen atoms in total. The van der Waals surface area contributed by atoms with Gasteiger partial charge in [0.05, 0.1) is 17.1 Å². The molecule has 36 heavy (non-hydrogen) atoms. The van der Waals surface area contributed by atoms with Crippen LogP contribution >= 0.6 is 0 Å². The van der Waals surface area contributed by atoms with Crippen LogP contribution in [0.15, 0.2) is 60.7 Å². The predicted octanol–water partition coefficient (Wildman–Crippen LogP) is 7.05. The minimum absolute atomic E-state index is 0.00406. The molecule has 0 aliphatic heterocycles. The third-order valence-corrected chi connectivity index (χ3v) is 7.87. The first-order valence-electron chi connectivity index (χ1n) is 13.5. The van der Waals surface area contributed by atoms with E-state index in [0.29, 0.717) is 18.2 Å². The SMILES string of the molecule is O=C(CC1C=Cc2ccccc2C=C1)Nc1nc2c(nc1CC1CCCCC1)-c1ccccc1CC2. The van der Waals surface area contributed by atoms with Gasteiger partial charge in [-0.05, 0) is 41.9 Å². The topological polar surface area (TPSA) is 54.9 Å². The number of carbonyl (C=O) groups excluding carboxylic acids is 1. The lowest BCUT2D eigenvalue weighted by molar-refractivity contribution is -0.116. The van der Waals surface area contributed by atoms with Crippen LogP contribution in [0.3, 0.4) is 0 Å². The van der Waals surface area contributed by atoms with Crippen molar-refractivity contribution in [3.63, 3.8) is 0 Å². The van der Waals surface area contributed by atoms with Gasteiger partial charge in [-0.15, -0.1) is 0 Å². The average molecular weight is 476 g/mol. The fourth-order valence-corrected chi connectivity index (χ4v) is 5.89. The molecule has 3 aromatic rings. The molecule has 1 amide bonds. The largest absolute Gasteiger partial charge is 0.309 e. The maximum atomic E-state index is 13.2. The maximum Gasteiger partial charge on any atom is 0.226 e. The first-order chi connectivity index (χ1) is 17.7. The quantitative estimate of drug-likeness (QED) is 0.430. The highest BCUT2D eigenvalue weighted by Gasteiger charge is 2.25. The van der Waals surface area contributed by atoms with Gasteiger partial charge in [-0.2, -0.15) is 0 Å². The minimum atomic E-state index is -0.00406. The van der Waals surface area contributed by atoms with Crippen LogP contribution in [0.2, 0.25) is 0 Å². The third kappa shape index (κ3) is 4.90. The van der Waals surface area contributed by atoms with Gasteiger partial charge in [-0.3, -0.25) is 4.79 Å². The Morgan fingerprint density at radius 3 is 2.36 bits per heavy atom. The molecule has 1 heterocycles. The molecule has 182 valence electrons. The van der Waals surface area contributed by atoms with E-state index in [1.165, 1.54) is 54.4 Å². The van der Waals surface area contributed by atoms with E-state index in [4.69, 9.17) is 9.97 Å². The summed E-state index contributed by atoms with van der Waals surface area (Å²) in [6, 6.07) is 16.8. The molecule has 0 saturated heterocycles. The highest BCUT2D eigenvalue weighted by atomic mass is 16.1. The number of aryl methyl sites for hydroxylation is 2. The van der Waals surface area contributed by atoms with Gasteiger partial charge in [0.25, 0.3) is 0 Å². The van der Waals surface area contributed by atoms with Crippen molar-refractivity contribution in [1.82, 2.24) is 9.97 Å². The zero-order chi connectivity index (χ0) is 24.3. The molecular weight excluding hydrogens is 442 g/mol. The summed E-state index contributed by atoms with van der Waals surface area (Å²) in [4.78, 5) is 23.4. The Hall–Kier alpha value is -3.53. The van der Waals surface area contributed by atoms with Crippen molar-refractivity contribution in [3.05, 3.63) is 88.8 Å². The molecule has 1 N–H and O–H groups in total. The second-order valence-corrected chi connectivity index (χ2v) is 10.4. The molecular formula is C32H33N3O. The van der Waals surface area contributed by atoms with Crippen molar-refractivity contribution < 1.29 is 4.79 Å². The Bertz CT molecular complexity index is 1300. The Morgan fingerprint density at radius 2 is 1.58 bits per heavy atom. The molecule has 3 aliphatic carbocycles. The standard InChI is InChI=1S/C32H33N3O/c36-30(21-23-14-16-24-10-4-5-11-25(24)17-15-23)35-32-29(20-22-8-2-1-3-9-22)33-31-27-13-7-6-12-26(27)18-19-28(31)34-32/h4-7,10-17,22-23H,1-3,8-9,18-21H2,(H,34,35,36). The van der Waals surface area contributed by atoms with E-state index in [1.807, 2.05) is 12.1 Å². The minimum Gasteiger partial charge on any atom is -0.309 e. The number of rotatable bonds is 5. The van der Waals surface area contributed by atoms with E-state index >= 15 is 0 Å². The number of anilines is 1. The average Bonchev–Trinajstić information content (AvgIpc) is 3.12. The van der Waals surface area contributed by atoms with Gasteiger partial charge in [-0.25, -0.2) is 9.97 Å². The summed E-state index contributed by atoms with van der Waals surface area (Å²) in [7, 11) is 0. The number of fused-ring (bicyclic) bond motifs is 4. The zero-order valence-electron chi connectivity index (χ0n) is 20.7. The number of benzene rings is 2. The molecule has 1 saturated carbocycles. The summed E-state index contributed by atoms with van der Waals surface area (Å²) in [5.74, 6) is 1.34. The van der Waals surface area contributed by atoms with Gasteiger partial charge in [0.15, 0.2) is 5.82 Å². The Balaban J connectivity index is 1.26. The smallest absolute Gasteiger partial charge is 0.226 e. The summed E-state index contributed by atoms with van der Waals surface area (Å²) in [5.41, 5.74) is 7.87. The molecule has 0 radical (unpaired) electrons. The van der Waals surface area contributed by atoms with Crippen molar-refractivity contribution in [2.24, 2.45) is 11.8 Å². The van der Waals surface area contributed by atoms with E-state index in [2.05, 4.69) is 66.0 Å². The number of aromatic nitrogens is 2. The van der Waals surface area contributed by atoms with E-state index in [1.54, 1.807) is 0 Å².